The molecule has 4 rings (SSSR count). The van der Waals surface area contributed by atoms with Crippen LogP contribution in [0.5, 0.6) is 0 Å². The number of rotatable bonds is 3. The third-order valence-corrected chi connectivity index (χ3v) is 6.92. The molecule has 24 heavy (non-hydrogen) atoms. The monoisotopic (exact) mass is 346 g/mol. The van der Waals surface area contributed by atoms with Crippen LogP contribution in [0.4, 0.5) is 0 Å². The van der Waals surface area contributed by atoms with Gasteiger partial charge >= 0.3 is 0 Å². The van der Waals surface area contributed by atoms with Crippen molar-refractivity contribution in [3.63, 3.8) is 0 Å². The van der Waals surface area contributed by atoms with E-state index in [9.17, 15) is 4.79 Å². The van der Waals surface area contributed by atoms with Gasteiger partial charge in [0.25, 0.3) is 5.91 Å². The Hall–Kier alpha value is -1.40. The van der Waals surface area contributed by atoms with E-state index in [1.54, 1.807) is 11.3 Å². The normalized spacial score (nSPS) is 25.2. The number of aromatic nitrogens is 2. The van der Waals surface area contributed by atoms with Gasteiger partial charge in [-0.3, -0.25) is 14.4 Å². The van der Waals surface area contributed by atoms with E-state index in [0.717, 1.165) is 46.7 Å². The quantitative estimate of drug-likeness (QED) is 0.858. The Balaban J connectivity index is 1.61. The van der Waals surface area contributed by atoms with Crippen molar-refractivity contribution in [2.75, 3.05) is 19.6 Å². The van der Waals surface area contributed by atoms with Crippen molar-refractivity contribution in [2.24, 2.45) is 7.05 Å². The topological polar surface area (TPSA) is 41.4 Å². The molecule has 0 N–H and O–H groups in total. The second kappa shape index (κ2) is 6.15. The van der Waals surface area contributed by atoms with Crippen LogP contribution in [0.1, 0.15) is 48.0 Å². The van der Waals surface area contributed by atoms with Gasteiger partial charge in [0, 0.05) is 31.1 Å². The number of hydrogen-bond donors (Lipinski definition) is 0. The maximum Gasteiger partial charge on any atom is 0.264 e. The van der Waals surface area contributed by atoms with Crippen molar-refractivity contribution >= 4 is 27.5 Å². The Morgan fingerprint density at radius 3 is 2.79 bits per heavy atom. The van der Waals surface area contributed by atoms with Gasteiger partial charge in [0.05, 0.1) is 10.6 Å². The number of carbonyl (C=O) groups excluding carboxylic acids is 1. The SMILES string of the molecule is CCN1CCCC1C1CCCN1C(=O)c1cc2c(C)nn(C)c2s1. The Bertz CT molecular complexity index is 730. The summed E-state index contributed by atoms with van der Waals surface area (Å²) in [5, 5.41) is 5.57. The van der Waals surface area contributed by atoms with Gasteiger partial charge in [0.1, 0.15) is 4.83 Å². The van der Waals surface area contributed by atoms with E-state index in [0.29, 0.717) is 12.1 Å². The number of amides is 1. The van der Waals surface area contributed by atoms with E-state index >= 15 is 0 Å². The summed E-state index contributed by atoms with van der Waals surface area (Å²) in [5.41, 5.74) is 1.01. The summed E-state index contributed by atoms with van der Waals surface area (Å²) < 4.78 is 1.89. The number of hydrogen-bond acceptors (Lipinski definition) is 4. The molecule has 0 bridgehead atoms. The largest absolute Gasteiger partial charge is 0.333 e. The van der Waals surface area contributed by atoms with Gasteiger partial charge in [-0.1, -0.05) is 6.92 Å². The van der Waals surface area contributed by atoms with Crippen LogP contribution in [-0.2, 0) is 7.05 Å². The number of nitrogens with zero attached hydrogens (tertiary/aromatic N) is 4. The number of likely N-dealkylation sites (N-methyl/N-ethyl adjacent to an activating group) is 1. The van der Waals surface area contributed by atoms with Gasteiger partial charge in [0.2, 0.25) is 0 Å². The van der Waals surface area contributed by atoms with Crippen LogP contribution in [0.2, 0.25) is 0 Å². The summed E-state index contributed by atoms with van der Waals surface area (Å²) in [6, 6.07) is 3.00. The van der Waals surface area contributed by atoms with Gasteiger partial charge in [-0.05, 0) is 51.8 Å². The number of likely N-dealkylation sites (tertiary alicyclic amines) is 2. The van der Waals surface area contributed by atoms with Crippen LogP contribution >= 0.6 is 11.3 Å². The fourth-order valence-electron chi connectivity index (χ4n) is 4.58. The molecule has 0 spiro atoms. The summed E-state index contributed by atoms with van der Waals surface area (Å²) in [6.45, 7) is 7.44. The Morgan fingerprint density at radius 1 is 1.29 bits per heavy atom. The van der Waals surface area contributed by atoms with Gasteiger partial charge in [-0.2, -0.15) is 5.10 Å². The minimum absolute atomic E-state index is 0.223. The molecule has 2 atom stereocenters. The molecule has 5 nitrogen and oxygen atoms in total. The average Bonchev–Trinajstić information content (AvgIpc) is 3.32. The molecule has 2 unspecified atom stereocenters. The lowest BCUT2D eigenvalue weighted by Gasteiger charge is -2.34. The van der Waals surface area contributed by atoms with Crippen molar-refractivity contribution in [3.8, 4) is 0 Å². The third kappa shape index (κ3) is 2.47. The van der Waals surface area contributed by atoms with Crippen molar-refractivity contribution in [3.05, 3.63) is 16.6 Å². The Kier molecular flexibility index (Phi) is 4.12. The molecule has 2 aliphatic rings. The van der Waals surface area contributed by atoms with E-state index in [-0.39, 0.29) is 5.91 Å². The third-order valence-electron chi connectivity index (χ3n) is 5.73. The first-order valence-electron chi connectivity index (χ1n) is 9.08. The molecule has 0 aromatic carbocycles. The molecular formula is C18H26N4OS. The van der Waals surface area contributed by atoms with E-state index < -0.39 is 0 Å². The minimum Gasteiger partial charge on any atom is -0.333 e. The number of carbonyl (C=O) groups is 1. The maximum absolute atomic E-state index is 13.2. The number of thiophene rings is 1. The zero-order chi connectivity index (χ0) is 16.8. The first-order valence-corrected chi connectivity index (χ1v) is 9.90. The molecule has 2 aromatic heterocycles. The zero-order valence-electron chi connectivity index (χ0n) is 14.8. The zero-order valence-corrected chi connectivity index (χ0v) is 15.6. The molecule has 1 amide bonds. The van der Waals surface area contributed by atoms with E-state index in [4.69, 9.17) is 0 Å². The van der Waals surface area contributed by atoms with Crippen molar-refractivity contribution in [2.45, 2.75) is 51.6 Å². The second-order valence-electron chi connectivity index (χ2n) is 7.08. The lowest BCUT2D eigenvalue weighted by molar-refractivity contribution is 0.0655. The fraction of sp³-hybridized carbons (Fsp3) is 0.667. The van der Waals surface area contributed by atoms with Crippen LogP contribution < -0.4 is 0 Å². The van der Waals surface area contributed by atoms with Gasteiger partial charge in [0.15, 0.2) is 0 Å². The molecule has 0 saturated carbocycles. The molecule has 2 saturated heterocycles. The molecule has 0 aliphatic carbocycles. The van der Waals surface area contributed by atoms with Crippen molar-refractivity contribution in [1.82, 2.24) is 19.6 Å². The highest BCUT2D eigenvalue weighted by molar-refractivity contribution is 7.20. The summed E-state index contributed by atoms with van der Waals surface area (Å²) in [5.74, 6) is 0.223. The van der Waals surface area contributed by atoms with Crippen LogP contribution in [0.25, 0.3) is 10.2 Å². The first-order chi connectivity index (χ1) is 11.6. The van der Waals surface area contributed by atoms with Crippen LogP contribution in [0.15, 0.2) is 6.07 Å². The predicted molar refractivity (Wildman–Crippen MR) is 97.7 cm³/mol. The summed E-state index contributed by atoms with van der Waals surface area (Å²) >= 11 is 1.59. The summed E-state index contributed by atoms with van der Waals surface area (Å²) in [7, 11) is 1.95. The second-order valence-corrected chi connectivity index (χ2v) is 8.12. The Labute approximate surface area is 147 Å². The first kappa shape index (κ1) is 16.1. The Morgan fingerprint density at radius 2 is 2.04 bits per heavy atom. The number of aryl methyl sites for hydroxylation is 2. The lowest BCUT2D eigenvalue weighted by atomic mass is 10.0. The van der Waals surface area contributed by atoms with Crippen molar-refractivity contribution < 1.29 is 4.79 Å². The molecule has 2 aromatic rings. The fourth-order valence-corrected chi connectivity index (χ4v) is 5.66. The standard InChI is InChI=1S/C18H26N4OS/c1-4-21-9-5-7-14(21)15-8-6-10-22(15)17(23)16-11-13-12(2)19-20(3)18(13)24-16/h11,14-15H,4-10H2,1-3H3. The molecular weight excluding hydrogens is 320 g/mol. The van der Waals surface area contributed by atoms with E-state index in [1.807, 2.05) is 24.7 Å². The lowest BCUT2D eigenvalue weighted by Crippen LogP contribution is -2.48. The highest BCUT2D eigenvalue weighted by Crippen LogP contribution is 2.34. The van der Waals surface area contributed by atoms with E-state index in [2.05, 4.69) is 21.8 Å². The van der Waals surface area contributed by atoms with Gasteiger partial charge < -0.3 is 4.90 Å². The molecule has 2 aliphatic heterocycles. The smallest absolute Gasteiger partial charge is 0.264 e. The average molecular weight is 347 g/mol. The predicted octanol–water partition coefficient (Wildman–Crippen LogP) is 3.03. The molecule has 130 valence electrons. The van der Waals surface area contributed by atoms with Gasteiger partial charge in [-0.15, -0.1) is 11.3 Å². The molecule has 4 heterocycles. The van der Waals surface area contributed by atoms with Crippen LogP contribution in [0.3, 0.4) is 0 Å². The van der Waals surface area contributed by atoms with E-state index in [1.165, 1.54) is 19.4 Å². The molecule has 2 fully saturated rings. The highest BCUT2D eigenvalue weighted by Gasteiger charge is 2.39. The highest BCUT2D eigenvalue weighted by atomic mass is 32.1. The number of fused-ring (bicyclic) bond motifs is 1. The molecule has 0 radical (unpaired) electrons. The van der Waals surface area contributed by atoms with Gasteiger partial charge in [-0.25, -0.2) is 0 Å². The molecule has 6 heteroatoms. The maximum atomic E-state index is 13.2. The van der Waals surface area contributed by atoms with Crippen LogP contribution in [0, 0.1) is 6.92 Å². The van der Waals surface area contributed by atoms with Crippen molar-refractivity contribution in [1.29, 1.82) is 0 Å². The van der Waals surface area contributed by atoms with Crippen LogP contribution in [-0.4, -0.2) is 57.2 Å². The minimum atomic E-state index is 0.223. The summed E-state index contributed by atoms with van der Waals surface area (Å²) in [4.78, 5) is 19.9. The summed E-state index contributed by atoms with van der Waals surface area (Å²) in [6.07, 6.45) is 4.79.